The number of halogens is 3. The molecular weight excluding hydrogens is 191 g/mol. The molecule has 0 aliphatic rings. The van der Waals surface area contributed by atoms with E-state index < -0.39 is 19.0 Å². The molecule has 0 aliphatic carbocycles. The fraction of sp³-hybridized carbons (Fsp3) is 0.400. The van der Waals surface area contributed by atoms with E-state index in [0.717, 1.165) is 0 Å². The summed E-state index contributed by atoms with van der Waals surface area (Å²) in [7, 11) is 0. The first kappa shape index (κ1) is 11.0. The third-order valence-corrected chi connectivity index (χ3v) is 1.95. The summed E-state index contributed by atoms with van der Waals surface area (Å²) in [5, 5.41) is 2.55. The van der Waals surface area contributed by atoms with E-state index in [4.69, 9.17) is 0 Å². The molecule has 0 aromatic heterocycles. The number of hydrogen-bond donors (Lipinski definition) is 1. The lowest BCUT2D eigenvalue weighted by Gasteiger charge is -2.14. The lowest BCUT2D eigenvalue weighted by molar-refractivity contribution is 0.142. The highest BCUT2D eigenvalue weighted by molar-refractivity contribution is 5.20. The molecule has 1 aromatic rings. The first-order chi connectivity index (χ1) is 6.61. The van der Waals surface area contributed by atoms with Gasteiger partial charge in [0.15, 0.2) is 0 Å². The van der Waals surface area contributed by atoms with Crippen molar-refractivity contribution in [3.05, 3.63) is 35.6 Å². The number of alkyl halides is 2. The lowest BCUT2D eigenvalue weighted by atomic mass is 10.1. The van der Waals surface area contributed by atoms with Gasteiger partial charge in [0.25, 0.3) is 6.43 Å². The fourth-order valence-electron chi connectivity index (χ4n) is 1.20. The molecule has 0 heterocycles. The van der Waals surface area contributed by atoms with Gasteiger partial charge in [-0.25, -0.2) is 13.2 Å². The predicted octanol–water partition coefficient (Wildman–Crippen LogP) is 2.74. The Balaban J connectivity index is 2.60. The minimum absolute atomic E-state index is 0.373. The van der Waals surface area contributed by atoms with E-state index in [0.29, 0.717) is 5.56 Å². The Hall–Kier alpha value is -1.03. The van der Waals surface area contributed by atoms with Crippen molar-refractivity contribution >= 4 is 0 Å². The van der Waals surface area contributed by atoms with E-state index in [-0.39, 0.29) is 5.82 Å². The number of hydrogen-bond acceptors (Lipinski definition) is 1. The standard InChI is InChI=1S/C10H12F3N/c1-7(14-6-10(12)13)8-4-2-3-5-9(8)11/h2-5,7,10,14H,6H2,1H3. The molecule has 1 N–H and O–H groups in total. The quantitative estimate of drug-likeness (QED) is 0.793. The summed E-state index contributed by atoms with van der Waals surface area (Å²) in [6.45, 7) is 1.23. The Morgan fingerprint density at radius 2 is 1.93 bits per heavy atom. The van der Waals surface area contributed by atoms with Crippen molar-refractivity contribution in [1.82, 2.24) is 5.32 Å². The molecule has 14 heavy (non-hydrogen) atoms. The van der Waals surface area contributed by atoms with Gasteiger partial charge < -0.3 is 5.32 Å². The van der Waals surface area contributed by atoms with Crippen LogP contribution in [0.25, 0.3) is 0 Å². The van der Waals surface area contributed by atoms with Gasteiger partial charge in [0, 0.05) is 11.6 Å². The van der Waals surface area contributed by atoms with Crippen LogP contribution in [0.2, 0.25) is 0 Å². The zero-order valence-electron chi connectivity index (χ0n) is 7.81. The monoisotopic (exact) mass is 203 g/mol. The van der Waals surface area contributed by atoms with Crippen molar-refractivity contribution < 1.29 is 13.2 Å². The van der Waals surface area contributed by atoms with Crippen molar-refractivity contribution in [2.75, 3.05) is 6.54 Å². The Bertz CT molecular complexity index is 288. The second-order valence-corrected chi connectivity index (χ2v) is 3.04. The van der Waals surface area contributed by atoms with Crippen LogP contribution in [0, 0.1) is 5.82 Å². The topological polar surface area (TPSA) is 12.0 Å². The minimum atomic E-state index is -2.41. The average Bonchev–Trinajstić information content (AvgIpc) is 2.15. The molecule has 0 aliphatic heterocycles. The van der Waals surface area contributed by atoms with Gasteiger partial charge in [-0.3, -0.25) is 0 Å². The Morgan fingerprint density at radius 3 is 2.50 bits per heavy atom. The normalized spacial score (nSPS) is 13.2. The average molecular weight is 203 g/mol. The van der Waals surface area contributed by atoms with Gasteiger partial charge >= 0.3 is 0 Å². The first-order valence-corrected chi connectivity index (χ1v) is 4.37. The molecule has 0 fully saturated rings. The van der Waals surface area contributed by atoms with Gasteiger partial charge in [0.05, 0.1) is 6.54 Å². The Morgan fingerprint density at radius 1 is 1.29 bits per heavy atom. The van der Waals surface area contributed by atoms with Crippen LogP contribution >= 0.6 is 0 Å². The largest absolute Gasteiger partial charge is 0.305 e. The third-order valence-electron chi connectivity index (χ3n) is 1.95. The summed E-state index contributed by atoms with van der Waals surface area (Å²) < 4.78 is 36.8. The third kappa shape index (κ3) is 3.03. The van der Waals surface area contributed by atoms with Crippen LogP contribution in [0.15, 0.2) is 24.3 Å². The van der Waals surface area contributed by atoms with Crippen LogP contribution in [-0.2, 0) is 0 Å². The molecule has 0 saturated heterocycles. The van der Waals surface area contributed by atoms with Crippen LogP contribution in [0.4, 0.5) is 13.2 Å². The van der Waals surface area contributed by atoms with Gasteiger partial charge in [0.1, 0.15) is 5.82 Å². The molecule has 0 bridgehead atoms. The Labute approximate surface area is 80.9 Å². The lowest BCUT2D eigenvalue weighted by Crippen LogP contribution is -2.25. The van der Waals surface area contributed by atoms with Crippen molar-refractivity contribution in [2.24, 2.45) is 0 Å². The van der Waals surface area contributed by atoms with Crippen molar-refractivity contribution in [3.8, 4) is 0 Å². The van der Waals surface area contributed by atoms with E-state index in [9.17, 15) is 13.2 Å². The predicted molar refractivity (Wildman–Crippen MR) is 48.8 cm³/mol. The zero-order valence-corrected chi connectivity index (χ0v) is 7.81. The molecule has 4 heteroatoms. The van der Waals surface area contributed by atoms with Crippen LogP contribution in [0.3, 0.4) is 0 Å². The SMILES string of the molecule is CC(NCC(F)F)c1ccccc1F. The highest BCUT2D eigenvalue weighted by Gasteiger charge is 2.11. The molecule has 1 unspecified atom stereocenters. The molecule has 78 valence electrons. The van der Waals surface area contributed by atoms with E-state index in [1.807, 2.05) is 0 Å². The molecule has 0 radical (unpaired) electrons. The second kappa shape index (κ2) is 5.00. The zero-order chi connectivity index (χ0) is 10.6. The van der Waals surface area contributed by atoms with Gasteiger partial charge in [-0.1, -0.05) is 18.2 Å². The summed E-state index contributed by atoms with van der Waals surface area (Å²) in [4.78, 5) is 0. The molecule has 0 amide bonds. The van der Waals surface area contributed by atoms with Crippen molar-refractivity contribution in [3.63, 3.8) is 0 Å². The molecule has 1 atom stereocenters. The summed E-state index contributed by atoms with van der Waals surface area (Å²) in [6, 6.07) is 5.75. The fourth-order valence-corrected chi connectivity index (χ4v) is 1.20. The number of nitrogens with one attached hydrogen (secondary N) is 1. The maximum atomic E-state index is 13.1. The summed E-state index contributed by atoms with van der Waals surface area (Å²) in [5.41, 5.74) is 0.410. The highest BCUT2D eigenvalue weighted by Crippen LogP contribution is 2.15. The van der Waals surface area contributed by atoms with Crippen molar-refractivity contribution in [1.29, 1.82) is 0 Å². The van der Waals surface area contributed by atoms with Crippen LogP contribution in [0.5, 0.6) is 0 Å². The van der Waals surface area contributed by atoms with E-state index in [1.54, 1.807) is 25.1 Å². The van der Waals surface area contributed by atoms with E-state index in [2.05, 4.69) is 5.32 Å². The van der Waals surface area contributed by atoms with E-state index >= 15 is 0 Å². The maximum Gasteiger partial charge on any atom is 0.250 e. The smallest absolute Gasteiger partial charge is 0.250 e. The van der Waals surface area contributed by atoms with Gasteiger partial charge in [-0.05, 0) is 13.0 Å². The highest BCUT2D eigenvalue weighted by atomic mass is 19.3. The number of benzene rings is 1. The number of rotatable bonds is 4. The Kier molecular flexibility index (Phi) is 3.95. The summed E-state index contributed by atoms with van der Waals surface area (Å²) >= 11 is 0. The summed E-state index contributed by atoms with van der Waals surface area (Å²) in [6.07, 6.45) is -2.41. The summed E-state index contributed by atoms with van der Waals surface area (Å²) in [5.74, 6) is -0.373. The van der Waals surface area contributed by atoms with Gasteiger partial charge in [-0.2, -0.15) is 0 Å². The van der Waals surface area contributed by atoms with E-state index in [1.165, 1.54) is 6.07 Å². The maximum absolute atomic E-state index is 13.1. The van der Waals surface area contributed by atoms with Crippen LogP contribution < -0.4 is 5.32 Å². The molecule has 0 spiro atoms. The van der Waals surface area contributed by atoms with Crippen LogP contribution in [0.1, 0.15) is 18.5 Å². The molecule has 1 aromatic carbocycles. The van der Waals surface area contributed by atoms with Crippen LogP contribution in [-0.4, -0.2) is 13.0 Å². The second-order valence-electron chi connectivity index (χ2n) is 3.04. The minimum Gasteiger partial charge on any atom is -0.305 e. The molecule has 0 saturated carbocycles. The molecule has 1 nitrogen and oxygen atoms in total. The van der Waals surface area contributed by atoms with Gasteiger partial charge in [-0.15, -0.1) is 0 Å². The van der Waals surface area contributed by atoms with Gasteiger partial charge in [0.2, 0.25) is 0 Å². The molecular formula is C10H12F3N. The molecule has 1 rings (SSSR count). The van der Waals surface area contributed by atoms with Crippen molar-refractivity contribution in [2.45, 2.75) is 19.4 Å². The first-order valence-electron chi connectivity index (χ1n) is 4.37.